The van der Waals surface area contributed by atoms with Gasteiger partial charge in [-0.25, -0.2) is 4.79 Å². The van der Waals surface area contributed by atoms with E-state index in [1.54, 1.807) is 25.7 Å². The molecule has 0 bridgehead atoms. The fraction of sp³-hybridized carbons (Fsp3) is 0.458. The lowest BCUT2D eigenvalue weighted by molar-refractivity contribution is -0.126. The van der Waals surface area contributed by atoms with Gasteiger partial charge in [0.05, 0.1) is 18.1 Å². The van der Waals surface area contributed by atoms with Gasteiger partial charge in [0.2, 0.25) is 5.91 Å². The molecule has 1 atom stereocenters. The summed E-state index contributed by atoms with van der Waals surface area (Å²) in [5.74, 6) is -0.852. The van der Waals surface area contributed by atoms with Crippen LogP contribution in [0.5, 0.6) is 0 Å². The maximum Gasteiger partial charge on any atom is 0.340 e. The molecule has 1 aromatic heterocycles. The van der Waals surface area contributed by atoms with Gasteiger partial charge in [0.25, 0.3) is 5.91 Å². The summed E-state index contributed by atoms with van der Waals surface area (Å²) in [5, 5.41) is 3.01. The van der Waals surface area contributed by atoms with Crippen LogP contribution in [0.25, 0.3) is 0 Å². The van der Waals surface area contributed by atoms with Crippen molar-refractivity contribution < 1.29 is 19.1 Å². The van der Waals surface area contributed by atoms with Crippen molar-refractivity contribution in [3.63, 3.8) is 0 Å². The van der Waals surface area contributed by atoms with E-state index in [0.29, 0.717) is 42.1 Å². The Balaban J connectivity index is 1.61. The molecule has 2 heterocycles. The van der Waals surface area contributed by atoms with Crippen LogP contribution in [0.1, 0.15) is 57.4 Å². The highest BCUT2D eigenvalue weighted by Gasteiger charge is 2.31. The monoisotopic (exact) mass is 425 g/mol. The quantitative estimate of drug-likeness (QED) is 0.667. The van der Waals surface area contributed by atoms with E-state index in [4.69, 9.17) is 4.74 Å². The number of nitrogens with zero attached hydrogens (tertiary/aromatic N) is 1. The average molecular weight is 426 g/mol. The number of nitrogens with one attached hydrogen (secondary N) is 2. The second-order valence-corrected chi connectivity index (χ2v) is 7.96. The van der Waals surface area contributed by atoms with Gasteiger partial charge in [-0.2, -0.15) is 0 Å². The molecular weight excluding hydrogens is 394 g/mol. The van der Waals surface area contributed by atoms with Crippen molar-refractivity contribution in [3.8, 4) is 0 Å². The number of hydrogen-bond donors (Lipinski definition) is 2. The van der Waals surface area contributed by atoms with Gasteiger partial charge in [-0.15, -0.1) is 0 Å². The van der Waals surface area contributed by atoms with E-state index in [9.17, 15) is 14.4 Å². The number of benzene rings is 1. The molecule has 0 saturated carbocycles. The maximum atomic E-state index is 13.1. The molecule has 31 heavy (non-hydrogen) atoms. The van der Waals surface area contributed by atoms with E-state index in [0.717, 1.165) is 19.3 Å². The third kappa shape index (κ3) is 5.34. The maximum absolute atomic E-state index is 13.1. The van der Waals surface area contributed by atoms with Crippen LogP contribution in [-0.4, -0.2) is 53.9 Å². The SMILES string of the molecule is CCOC(=O)c1c(C)[nH]c(C(=O)N2CCCC(C(=O)NCCc3ccccc3)C2)c1C. The summed E-state index contributed by atoms with van der Waals surface area (Å²) in [5.41, 5.74) is 3.20. The molecule has 1 aromatic carbocycles. The zero-order valence-electron chi connectivity index (χ0n) is 18.5. The molecular formula is C24H31N3O4. The Kier molecular flexibility index (Phi) is 7.50. The van der Waals surface area contributed by atoms with Crippen LogP contribution < -0.4 is 5.32 Å². The molecule has 1 unspecified atom stereocenters. The number of hydrogen-bond acceptors (Lipinski definition) is 4. The van der Waals surface area contributed by atoms with Gasteiger partial charge >= 0.3 is 5.97 Å². The van der Waals surface area contributed by atoms with Crippen LogP contribution >= 0.6 is 0 Å². The molecule has 0 aliphatic carbocycles. The topological polar surface area (TPSA) is 91.5 Å². The number of esters is 1. The molecule has 0 radical (unpaired) electrons. The van der Waals surface area contributed by atoms with Crippen molar-refractivity contribution in [2.45, 2.75) is 40.0 Å². The van der Waals surface area contributed by atoms with E-state index in [1.807, 2.05) is 30.3 Å². The summed E-state index contributed by atoms with van der Waals surface area (Å²) in [4.78, 5) is 42.8. The van der Waals surface area contributed by atoms with E-state index < -0.39 is 5.97 Å². The van der Waals surface area contributed by atoms with Gasteiger partial charge in [-0.3, -0.25) is 9.59 Å². The van der Waals surface area contributed by atoms with Crippen molar-refractivity contribution >= 4 is 17.8 Å². The summed E-state index contributed by atoms with van der Waals surface area (Å²) < 4.78 is 5.11. The first kappa shape index (κ1) is 22.6. The highest BCUT2D eigenvalue weighted by Crippen LogP contribution is 2.23. The van der Waals surface area contributed by atoms with Crippen molar-refractivity contribution in [3.05, 3.63) is 58.4 Å². The minimum Gasteiger partial charge on any atom is -0.462 e. The van der Waals surface area contributed by atoms with Gasteiger partial charge in [0, 0.05) is 25.3 Å². The number of likely N-dealkylation sites (tertiary alicyclic amines) is 1. The number of rotatable bonds is 7. The second kappa shape index (κ2) is 10.3. The van der Waals surface area contributed by atoms with E-state index in [2.05, 4.69) is 10.3 Å². The Hall–Kier alpha value is -3.09. The molecule has 166 valence electrons. The summed E-state index contributed by atoms with van der Waals surface area (Å²) in [6, 6.07) is 10.0. The van der Waals surface area contributed by atoms with Gasteiger partial charge in [-0.1, -0.05) is 30.3 Å². The Morgan fingerprint density at radius 1 is 1.19 bits per heavy atom. The standard InChI is InChI=1S/C24H31N3O4/c1-4-31-24(30)20-16(2)21(26-17(20)3)23(29)27-14-8-11-19(15-27)22(28)25-13-12-18-9-6-5-7-10-18/h5-7,9-10,19,26H,4,8,11-15H2,1-3H3,(H,25,28). The Labute approximate surface area is 183 Å². The second-order valence-electron chi connectivity index (χ2n) is 7.96. The van der Waals surface area contributed by atoms with Crippen LogP contribution in [0, 0.1) is 19.8 Å². The highest BCUT2D eigenvalue weighted by molar-refractivity contribution is 6.00. The molecule has 1 fully saturated rings. The fourth-order valence-corrected chi connectivity index (χ4v) is 4.13. The number of ether oxygens (including phenoxy) is 1. The summed E-state index contributed by atoms with van der Waals surface area (Å²) in [6.07, 6.45) is 2.31. The molecule has 1 saturated heterocycles. The largest absolute Gasteiger partial charge is 0.462 e. The van der Waals surface area contributed by atoms with E-state index in [1.165, 1.54) is 5.56 Å². The number of H-pyrrole nitrogens is 1. The zero-order valence-corrected chi connectivity index (χ0v) is 18.5. The Bertz CT molecular complexity index is 936. The van der Waals surface area contributed by atoms with E-state index in [-0.39, 0.29) is 24.3 Å². The lowest BCUT2D eigenvalue weighted by Gasteiger charge is -2.32. The number of aromatic nitrogens is 1. The summed E-state index contributed by atoms with van der Waals surface area (Å²) in [6.45, 7) is 7.08. The van der Waals surface area contributed by atoms with Crippen molar-refractivity contribution in [1.29, 1.82) is 0 Å². The van der Waals surface area contributed by atoms with Gasteiger partial charge in [-0.05, 0) is 51.2 Å². The Morgan fingerprint density at radius 3 is 2.65 bits per heavy atom. The molecule has 7 heteroatoms. The summed E-state index contributed by atoms with van der Waals surface area (Å²) in [7, 11) is 0. The summed E-state index contributed by atoms with van der Waals surface area (Å²) >= 11 is 0. The number of amides is 2. The Morgan fingerprint density at radius 2 is 1.94 bits per heavy atom. The lowest BCUT2D eigenvalue weighted by atomic mass is 9.96. The average Bonchev–Trinajstić information content (AvgIpc) is 3.08. The van der Waals surface area contributed by atoms with Crippen molar-refractivity contribution in [1.82, 2.24) is 15.2 Å². The third-order valence-electron chi connectivity index (χ3n) is 5.77. The lowest BCUT2D eigenvalue weighted by Crippen LogP contribution is -2.46. The van der Waals surface area contributed by atoms with Crippen molar-refractivity contribution in [2.24, 2.45) is 5.92 Å². The zero-order chi connectivity index (χ0) is 22.4. The number of aryl methyl sites for hydroxylation is 1. The first-order valence-electron chi connectivity index (χ1n) is 10.9. The molecule has 7 nitrogen and oxygen atoms in total. The first-order chi connectivity index (χ1) is 14.9. The smallest absolute Gasteiger partial charge is 0.340 e. The molecule has 2 amide bonds. The molecule has 1 aliphatic rings. The van der Waals surface area contributed by atoms with Gasteiger partial charge in [0.15, 0.2) is 0 Å². The first-order valence-corrected chi connectivity index (χ1v) is 10.9. The predicted octanol–water partition coefficient (Wildman–Crippen LogP) is 3.02. The fourth-order valence-electron chi connectivity index (χ4n) is 4.13. The van der Waals surface area contributed by atoms with Crippen LogP contribution in [0.4, 0.5) is 0 Å². The number of piperidine rings is 1. The molecule has 0 spiro atoms. The van der Waals surface area contributed by atoms with Crippen LogP contribution in [0.2, 0.25) is 0 Å². The predicted molar refractivity (Wildman–Crippen MR) is 118 cm³/mol. The molecule has 3 rings (SSSR count). The van der Waals surface area contributed by atoms with Crippen LogP contribution in [0.3, 0.4) is 0 Å². The van der Waals surface area contributed by atoms with Crippen LogP contribution in [0.15, 0.2) is 30.3 Å². The normalized spacial score (nSPS) is 16.1. The van der Waals surface area contributed by atoms with Crippen LogP contribution in [-0.2, 0) is 16.0 Å². The molecule has 2 aromatic rings. The molecule has 1 aliphatic heterocycles. The molecule has 2 N–H and O–H groups in total. The van der Waals surface area contributed by atoms with Gasteiger partial charge < -0.3 is 19.9 Å². The number of carbonyl (C=O) groups excluding carboxylic acids is 3. The number of carbonyl (C=O) groups is 3. The van der Waals surface area contributed by atoms with Gasteiger partial charge in [0.1, 0.15) is 5.69 Å². The third-order valence-corrected chi connectivity index (χ3v) is 5.77. The minimum absolute atomic E-state index is 0.0139. The van der Waals surface area contributed by atoms with Crippen molar-refractivity contribution in [2.75, 3.05) is 26.2 Å². The number of aromatic amines is 1. The highest BCUT2D eigenvalue weighted by atomic mass is 16.5. The van der Waals surface area contributed by atoms with E-state index >= 15 is 0 Å². The minimum atomic E-state index is -0.429.